The number of thiazole rings is 1. The van der Waals surface area contributed by atoms with Gasteiger partial charge >= 0.3 is 51.4 Å². The number of carbonyl (C=O) groups is 1. The summed E-state index contributed by atoms with van der Waals surface area (Å²) in [5.41, 5.74) is 1.05. The molecule has 0 radical (unpaired) electrons. The van der Waals surface area contributed by atoms with Crippen molar-refractivity contribution in [2.45, 2.75) is 6.92 Å². The van der Waals surface area contributed by atoms with Crippen LogP contribution in [0.15, 0.2) is 18.2 Å². The van der Waals surface area contributed by atoms with E-state index in [0.29, 0.717) is 0 Å². The molecule has 0 bridgehead atoms. The summed E-state index contributed by atoms with van der Waals surface area (Å²) >= 11 is 1.48. The first-order chi connectivity index (χ1) is 6.16. The molecule has 66 valence electrons. The van der Waals surface area contributed by atoms with Crippen molar-refractivity contribution in [3.8, 4) is 0 Å². The van der Waals surface area contributed by atoms with E-state index < -0.39 is 5.97 Å². The van der Waals surface area contributed by atoms with Crippen LogP contribution in [0, 0.1) is 6.92 Å². The number of fused-ring (bicyclic) bond motifs is 1. The third-order valence-corrected chi connectivity index (χ3v) is 2.66. The Bertz CT molecular complexity index is 481. The van der Waals surface area contributed by atoms with Gasteiger partial charge in [-0.2, -0.15) is 0 Å². The van der Waals surface area contributed by atoms with E-state index in [1.165, 1.54) is 17.4 Å². The smallest absolute Gasteiger partial charge is 0.545 e. The van der Waals surface area contributed by atoms with Gasteiger partial charge in [0.25, 0.3) is 0 Å². The molecule has 0 saturated carbocycles. The van der Waals surface area contributed by atoms with Crippen LogP contribution in [-0.4, -0.2) is 11.0 Å². The molecule has 3 nitrogen and oxygen atoms in total. The van der Waals surface area contributed by atoms with E-state index in [9.17, 15) is 9.90 Å². The summed E-state index contributed by atoms with van der Waals surface area (Å²) in [7, 11) is 0. The SMILES string of the molecule is Cc1nc2ccc(C(=O)[O-])cc2s1.[K+]. The summed E-state index contributed by atoms with van der Waals surface area (Å²) in [6, 6.07) is 4.80. The van der Waals surface area contributed by atoms with Gasteiger partial charge in [0.05, 0.1) is 21.2 Å². The monoisotopic (exact) mass is 231 g/mol. The number of rotatable bonds is 1. The van der Waals surface area contributed by atoms with Crippen LogP contribution >= 0.6 is 11.3 Å². The second kappa shape index (κ2) is 4.83. The third kappa shape index (κ3) is 2.42. The van der Waals surface area contributed by atoms with E-state index in [4.69, 9.17) is 0 Å². The number of hydrogen-bond acceptors (Lipinski definition) is 4. The molecule has 0 aliphatic carbocycles. The number of hydrogen-bond donors (Lipinski definition) is 0. The van der Waals surface area contributed by atoms with E-state index in [0.717, 1.165) is 15.2 Å². The van der Waals surface area contributed by atoms with Crippen LogP contribution in [0.1, 0.15) is 15.4 Å². The number of aryl methyl sites for hydroxylation is 1. The second-order valence-corrected chi connectivity index (χ2v) is 3.94. The van der Waals surface area contributed by atoms with E-state index in [-0.39, 0.29) is 56.9 Å². The molecule has 0 fully saturated rings. The number of carbonyl (C=O) groups excluding carboxylic acids is 1. The fourth-order valence-electron chi connectivity index (χ4n) is 1.17. The maximum atomic E-state index is 10.5. The zero-order valence-electron chi connectivity index (χ0n) is 7.90. The number of aromatic carboxylic acids is 1. The first-order valence-corrected chi connectivity index (χ1v) is 4.57. The Morgan fingerprint density at radius 3 is 2.86 bits per heavy atom. The van der Waals surface area contributed by atoms with Crippen molar-refractivity contribution in [3.63, 3.8) is 0 Å². The molecule has 2 rings (SSSR count). The van der Waals surface area contributed by atoms with Gasteiger partial charge in [0, 0.05) is 0 Å². The van der Waals surface area contributed by atoms with Crippen LogP contribution in [-0.2, 0) is 0 Å². The molecule has 1 heterocycles. The minimum atomic E-state index is -1.15. The van der Waals surface area contributed by atoms with Crippen LogP contribution in [0.2, 0.25) is 0 Å². The fraction of sp³-hybridized carbons (Fsp3) is 0.111. The van der Waals surface area contributed by atoms with Crippen LogP contribution in [0.5, 0.6) is 0 Å². The number of nitrogens with zero attached hydrogens (tertiary/aromatic N) is 1. The zero-order chi connectivity index (χ0) is 9.42. The van der Waals surface area contributed by atoms with Gasteiger partial charge < -0.3 is 9.90 Å². The van der Waals surface area contributed by atoms with Crippen molar-refractivity contribution in [2.24, 2.45) is 0 Å². The molecule has 0 amide bonds. The molecule has 0 saturated heterocycles. The van der Waals surface area contributed by atoms with Gasteiger partial charge in [0.1, 0.15) is 0 Å². The summed E-state index contributed by atoms with van der Waals surface area (Å²) in [6.07, 6.45) is 0. The van der Waals surface area contributed by atoms with Crippen LogP contribution in [0.25, 0.3) is 10.2 Å². The van der Waals surface area contributed by atoms with Crippen LogP contribution in [0.3, 0.4) is 0 Å². The van der Waals surface area contributed by atoms with E-state index >= 15 is 0 Å². The molecule has 5 heteroatoms. The topological polar surface area (TPSA) is 53.0 Å². The van der Waals surface area contributed by atoms with E-state index in [1.807, 2.05) is 6.92 Å². The number of carboxylic acids is 1. The van der Waals surface area contributed by atoms with Crippen molar-refractivity contribution in [2.75, 3.05) is 0 Å². The summed E-state index contributed by atoms with van der Waals surface area (Å²) in [5, 5.41) is 11.5. The molecule has 0 atom stereocenters. The van der Waals surface area contributed by atoms with Crippen molar-refractivity contribution < 1.29 is 61.3 Å². The standard InChI is InChI=1S/C9H7NO2S.K/c1-5-10-7-3-2-6(9(11)12)4-8(7)13-5;/h2-4H,1H3,(H,11,12);/q;+1/p-1. The fourth-order valence-corrected chi connectivity index (χ4v) is 2.03. The Balaban J connectivity index is 0.000000980. The van der Waals surface area contributed by atoms with Crippen molar-refractivity contribution in [1.82, 2.24) is 4.98 Å². The summed E-state index contributed by atoms with van der Waals surface area (Å²) in [4.78, 5) is 14.7. The Kier molecular flexibility index (Phi) is 4.24. The summed E-state index contributed by atoms with van der Waals surface area (Å²) in [6.45, 7) is 1.89. The van der Waals surface area contributed by atoms with Gasteiger partial charge in [0.15, 0.2) is 0 Å². The maximum absolute atomic E-state index is 10.5. The van der Waals surface area contributed by atoms with Crippen molar-refractivity contribution >= 4 is 27.5 Å². The molecule has 2 aromatic rings. The van der Waals surface area contributed by atoms with Gasteiger partial charge in [0.2, 0.25) is 0 Å². The zero-order valence-corrected chi connectivity index (χ0v) is 11.8. The van der Waals surface area contributed by atoms with Gasteiger partial charge in [-0.05, 0) is 24.6 Å². The Morgan fingerprint density at radius 1 is 1.50 bits per heavy atom. The minimum Gasteiger partial charge on any atom is -0.545 e. The molecule has 0 aliphatic heterocycles. The normalized spacial score (nSPS) is 9.79. The largest absolute Gasteiger partial charge is 1.00 e. The molecule has 0 aliphatic rings. The molecule has 1 aromatic heterocycles. The van der Waals surface area contributed by atoms with E-state index in [1.54, 1.807) is 12.1 Å². The van der Waals surface area contributed by atoms with Gasteiger partial charge in [-0.3, -0.25) is 0 Å². The molecular weight excluding hydrogens is 225 g/mol. The molecule has 0 N–H and O–H groups in total. The second-order valence-electron chi connectivity index (χ2n) is 2.70. The first-order valence-electron chi connectivity index (χ1n) is 3.75. The molecule has 14 heavy (non-hydrogen) atoms. The Morgan fingerprint density at radius 2 is 2.21 bits per heavy atom. The number of carboxylic acid groups (broad SMARTS) is 1. The van der Waals surface area contributed by atoms with Crippen LogP contribution < -0.4 is 56.5 Å². The van der Waals surface area contributed by atoms with Crippen LogP contribution in [0.4, 0.5) is 0 Å². The number of benzene rings is 1. The van der Waals surface area contributed by atoms with Crippen molar-refractivity contribution in [3.05, 3.63) is 28.8 Å². The molecule has 1 aromatic carbocycles. The molecule has 0 unspecified atom stereocenters. The Hall–Kier alpha value is 0.216. The summed E-state index contributed by atoms with van der Waals surface area (Å²) in [5.74, 6) is -1.15. The molecular formula is C9H6KNO2S. The summed E-state index contributed by atoms with van der Waals surface area (Å²) < 4.78 is 0.888. The quantitative estimate of drug-likeness (QED) is 0.532. The van der Waals surface area contributed by atoms with Gasteiger partial charge in [-0.15, -0.1) is 11.3 Å². The Labute approximate surface area is 128 Å². The maximum Gasteiger partial charge on any atom is 1.00 e. The number of aromatic nitrogens is 1. The molecule has 0 spiro atoms. The average molecular weight is 231 g/mol. The average Bonchev–Trinajstić information content (AvgIpc) is 2.42. The minimum absolute atomic E-state index is 0. The van der Waals surface area contributed by atoms with E-state index in [2.05, 4.69) is 4.98 Å². The van der Waals surface area contributed by atoms with Gasteiger partial charge in [-0.1, -0.05) is 6.07 Å². The third-order valence-electron chi connectivity index (χ3n) is 1.73. The predicted molar refractivity (Wildman–Crippen MR) is 48.7 cm³/mol. The van der Waals surface area contributed by atoms with Gasteiger partial charge in [-0.25, -0.2) is 4.98 Å². The van der Waals surface area contributed by atoms with Crippen molar-refractivity contribution in [1.29, 1.82) is 0 Å². The predicted octanol–water partition coefficient (Wildman–Crippen LogP) is -2.03. The first kappa shape index (κ1) is 12.3.